The van der Waals surface area contributed by atoms with Gasteiger partial charge in [-0.15, -0.1) is 0 Å². The third kappa shape index (κ3) is 3.95. The van der Waals surface area contributed by atoms with E-state index in [2.05, 4.69) is 45.4 Å². The molecule has 0 aromatic carbocycles. The normalized spacial score (nSPS) is 20.6. The molecule has 1 amide bonds. The quantitative estimate of drug-likeness (QED) is 0.798. The van der Waals surface area contributed by atoms with Gasteiger partial charge in [-0.1, -0.05) is 20.3 Å². The van der Waals surface area contributed by atoms with E-state index in [1.165, 1.54) is 12.8 Å². The Labute approximate surface area is 128 Å². The summed E-state index contributed by atoms with van der Waals surface area (Å²) in [6.07, 6.45) is 6.20. The van der Waals surface area contributed by atoms with Crippen LogP contribution in [0.2, 0.25) is 0 Å². The SMILES string of the molecule is CCCNc1ncc(Br)cc1C(=O)NC1CC1CCC. The molecule has 4 nitrogen and oxygen atoms in total. The summed E-state index contributed by atoms with van der Waals surface area (Å²) in [4.78, 5) is 16.7. The minimum absolute atomic E-state index is 0.0268. The van der Waals surface area contributed by atoms with Crippen LogP contribution in [0.5, 0.6) is 0 Å². The first-order valence-electron chi connectivity index (χ1n) is 7.36. The zero-order valence-corrected chi connectivity index (χ0v) is 13.7. The molecule has 1 fully saturated rings. The fraction of sp³-hybridized carbons (Fsp3) is 0.600. The van der Waals surface area contributed by atoms with Crippen LogP contribution in [0.15, 0.2) is 16.7 Å². The highest BCUT2D eigenvalue weighted by Gasteiger charge is 2.37. The molecule has 1 aliphatic rings. The van der Waals surface area contributed by atoms with E-state index < -0.39 is 0 Å². The van der Waals surface area contributed by atoms with Gasteiger partial charge in [0.25, 0.3) is 5.91 Å². The van der Waals surface area contributed by atoms with E-state index in [0.717, 1.165) is 23.9 Å². The Morgan fingerprint density at radius 3 is 2.95 bits per heavy atom. The number of pyridine rings is 1. The van der Waals surface area contributed by atoms with E-state index in [4.69, 9.17) is 0 Å². The van der Waals surface area contributed by atoms with Crippen molar-refractivity contribution in [3.8, 4) is 0 Å². The van der Waals surface area contributed by atoms with Crippen molar-refractivity contribution in [2.45, 2.75) is 45.6 Å². The lowest BCUT2D eigenvalue weighted by atomic mass is 10.2. The molecule has 2 N–H and O–H groups in total. The highest BCUT2D eigenvalue weighted by molar-refractivity contribution is 9.10. The first kappa shape index (κ1) is 15.3. The van der Waals surface area contributed by atoms with Gasteiger partial charge in [0.2, 0.25) is 0 Å². The molecule has 0 bridgehead atoms. The molecule has 2 atom stereocenters. The van der Waals surface area contributed by atoms with Gasteiger partial charge in [0, 0.05) is 23.3 Å². The molecule has 5 heteroatoms. The van der Waals surface area contributed by atoms with Crippen LogP contribution in [0.4, 0.5) is 5.82 Å². The van der Waals surface area contributed by atoms with Crippen molar-refractivity contribution < 1.29 is 4.79 Å². The van der Waals surface area contributed by atoms with Crippen LogP contribution in [0.1, 0.15) is 49.9 Å². The summed E-state index contributed by atoms with van der Waals surface area (Å²) in [5.41, 5.74) is 0.620. The molecule has 0 aliphatic heterocycles. The van der Waals surface area contributed by atoms with E-state index in [-0.39, 0.29) is 5.91 Å². The molecule has 2 rings (SSSR count). The van der Waals surface area contributed by atoms with Crippen molar-refractivity contribution in [1.29, 1.82) is 0 Å². The largest absolute Gasteiger partial charge is 0.369 e. The molecular formula is C15H22BrN3O. The number of halogens is 1. The van der Waals surface area contributed by atoms with E-state index in [0.29, 0.717) is 23.3 Å². The molecule has 1 aromatic rings. The van der Waals surface area contributed by atoms with Gasteiger partial charge in [-0.05, 0) is 47.2 Å². The summed E-state index contributed by atoms with van der Waals surface area (Å²) >= 11 is 3.38. The highest BCUT2D eigenvalue weighted by Crippen LogP contribution is 2.35. The Kier molecular flexibility index (Phi) is 5.40. The molecule has 110 valence electrons. The van der Waals surface area contributed by atoms with Crippen LogP contribution in [0, 0.1) is 5.92 Å². The fourth-order valence-corrected chi connectivity index (χ4v) is 2.69. The van der Waals surface area contributed by atoms with Crippen LogP contribution in [0.3, 0.4) is 0 Å². The van der Waals surface area contributed by atoms with Crippen LogP contribution in [0.25, 0.3) is 0 Å². The van der Waals surface area contributed by atoms with E-state index in [1.54, 1.807) is 6.20 Å². The molecule has 1 heterocycles. The molecule has 1 aromatic heterocycles. The molecule has 0 spiro atoms. The number of nitrogens with one attached hydrogen (secondary N) is 2. The number of carbonyl (C=O) groups is 1. The minimum Gasteiger partial charge on any atom is -0.369 e. The monoisotopic (exact) mass is 339 g/mol. The lowest BCUT2D eigenvalue weighted by Gasteiger charge is -2.11. The minimum atomic E-state index is -0.0268. The predicted molar refractivity (Wildman–Crippen MR) is 85.0 cm³/mol. The third-order valence-corrected chi connectivity index (χ3v) is 3.97. The molecular weight excluding hydrogens is 318 g/mol. The number of hydrogen-bond acceptors (Lipinski definition) is 3. The van der Waals surface area contributed by atoms with Gasteiger partial charge in [-0.3, -0.25) is 4.79 Å². The summed E-state index contributed by atoms with van der Waals surface area (Å²) in [6, 6.07) is 2.18. The smallest absolute Gasteiger partial charge is 0.255 e. The Hall–Kier alpha value is -1.10. The Morgan fingerprint density at radius 2 is 2.25 bits per heavy atom. The van der Waals surface area contributed by atoms with Crippen LogP contribution in [-0.4, -0.2) is 23.5 Å². The van der Waals surface area contributed by atoms with Gasteiger partial charge in [0.05, 0.1) is 5.56 Å². The zero-order chi connectivity index (χ0) is 14.5. The van der Waals surface area contributed by atoms with Crippen molar-refractivity contribution in [3.63, 3.8) is 0 Å². The Morgan fingerprint density at radius 1 is 1.45 bits per heavy atom. The average Bonchev–Trinajstić information content (AvgIpc) is 3.15. The fourth-order valence-electron chi connectivity index (χ4n) is 2.36. The summed E-state index contributed by atoms with van der Waals surface area (Å²) in [7, 11) is 0. The molecule has 0 saturated heterocycles. The number of nitrogens with zero attached hydrogens (tertiary/aromatic N) is 1. The van der Waals surface area contributed by atoms with Crippen molar-refractivity contribution in [3.05, 3.63) is 22.3 Å². The van der Waals surface area contributed by atoms with E-state index in [1.807, 2.05) is 6.07 Å². The van der Waals surface area contributed by atoms with Gasteiger partial charge >= 0.3 is 0 Å². The second kappa shape index (κ2) is 7.07. The maximum absolute atomic E-state index is 12.4. The summed E-state index contributed by atoms with van der Waals surface area (Å²) in [5, 5.41) is 6.32. The second-order valence-corrected chi connectivity index (χ2v) is 6.26. The number of carbonyl (C=O) groups excluding carboxylic acids is 1. The lowest BCUT2D eigenvalue weighted by Crippen LogP contribution is -2.28. The van der Waals surface area contributed by atoms with Gasteiger partial charge in [0.15, 0.2) is 0 Å². The van der Waals surface area contributed by atoms with Gasteiger partial charge in [-0.2, -0.15) is 0 Å². The van der Waals surface area contributed by atoms with E-state index >= 15 is 0 Å². The molecule has 0 radical (unpaired) electrons. The molecule has 1 aliphatic carbocycles. The Bertz CT molecular complexity index is 478. The maximum atomic E-state index is 12.4. The maximum Gasteiger partial charge on any atom is 0.255 e. The molecule has 20 heavy (non-hydrogen) atoms. The van der Waals surface area contributed by atoms with Gasteiger partial charge in [-0.25, -0.2) is 4.98 Å². The van der Waals surface area contributed by atoms with Crippen LogP contribution in [-0.2, 0) is 0 Å². The topological polar surface area (TPSA) is 54.0 Å². The number of aromatic nitrogens is 1. The first-order valence-corrected chi connectivity index (χ1v) is 8.15. The predicted octanol–water partition coefficient (Wildman–Crippen LogP) is 3.58. The first-order chi connectivity index (χ1) is 9.65. The standard InChI is InChI=1S/C15H22BrN3O/c1-3-5-10-7-13(10)19-15(20)12-8-11(16)9-18-14(12)17-6-4-2/h8-10,13H,3-7H2,1-2H3,(H,17,18)(H,19,20). The van der Waals surface area contributed by atoms with Crippen molar-refractivity contribution in [2.24, 2.45) is 5.92 Å². The summed E-state index contributed by atoms with van der Waals surface area (Å²) in [6.45, 7) is 5.09. The number of rotatable bonds is 7. The summed E-state index contributed by atoms with van der Waals surface area (Å²) in [5.74, 6) is 1.30. The van der Waals surface area contributed by atoms with Gasteiger partial charge in [0.1, 0.15) is 5.82 Å². The van der Waals surface area contributed by atoms with Crippen molar-refractivity contribution in [2.75, 3.05) is 11.9 Å². The molecule has 2 unspecified atom stereocenters. The van der Waals surface area contributed by atoms with Crippen molar-refractivity contribution in [1.82, 2.24) is 10.3 Å². The molecule has 1 saturated carbocycles. The van der Waals surface area contributed by atoms with E-state index in [9.17, 15) is 4.79 Å². The van der Waals surface area contributed by atoms with Crippen LogP contribution >= 0.6 is 15.9 Å². The van der Waals surface area contributed by atoms with Crippen LogP contribution < -0.4 is 10.6 Å². The van der Waals surface area contributed by atoms with Crippen molar-refractivity contribution >= 4 is 27.7 Å². The van der Waals surface area contributed by atoms with Gasteiger partial charge < -0.3 is 10.6 Å². The zero-order valence-electron chi connectivity index (χ0n) is 12.1. The average molecular weight is 340 g/mol. The lowest BCUT2D eigenvalue weighted by molar-refractivity contribution is 0.0949. The second-order valence-electron chi connectivity index (χ2n) is 5.34. The number of amides is 1. The highest BCUT2D eigenvalue weighted by atomic mass is 79.9. The number of anilines is 1. The summed E-state index contributed by atoms with van der Waals surface area (Å²) < 4.78 is 0.825. The third-order valence-electron chi connectivity index (χ3n) is 3.54. The number of hydrogen-bond donors (Lipinski definition) is 2. The Balaban J connectivity index is 2.02.